The molecule has 0 aliphatic carbocycles. The third kappa shape index (κ3) is 9.68. The fourth-order valence-electron chi connectivity index (χ4n) is 2.31. The van der Waals surface area contributed by atoms with Gasteiger partial charge in [-0.15, -0.1) is 0 Å². The van der Waals surface area contributed by atoms with Gasteiger partial charge < -0.3 is 15.0 Å². The zero-order valence-corrected chi connectivity index (χ0v) is 16.8. The minimum atomic E-state index is -0.887. The number of rotatable bonds is 13. The fraction of sp³-hybridized carbons (Fsp3) is 0.750. The number of nitrogens with zero attached hydrogens (tertiary/aromatic N) is 2. The van der Waals surface area contributed by atoms with E-state index in [4.69, 9.17) is 4.74 Å². The molecule has 0 radical (unpaired) electrons. The van der Waals surface area contributed by atoms with Crippen LogP contribution in [0, 0.1) is 5.92 Å². The Labute approximate surface area is 156 Å². The van der Waals surface area contributed by atoms with Gasteiger partial charge in [-0.2, -0.15) is 0 Å². The predicted octanol–water partition coefficient (Wildman–Crippen LogP) is 0.369. The number of carbonyl (C=O) groups is 4. The van der Waals surface area contributed by atoms with Crippen LogP contribution in [0.2, 0.25) is 0 Å². The SMILES string of the molecule is CCCC[C@H](CN(O)C=O)C(=O)N[C@@H](CCC(=O)OCP)C(=O)N(C)C. The highest BCUT2D eigenvalue weighted by molar-refractivity contribution is 7.16. The van der Waals surface area contributed by atoms with E-state index in [1.807, 2.05) is 6.92 Å². The van der Waals surface area contributed by atoms with Crippen LogP contribution in [-0.2, 0) is 23.9 Å². The quantitative estimate of drug-likeness (QED) is 0.154. The molecule has 9 nitrogen and oxygen atoms in total. The van der Waals surface area contributed by atoms with E-state index in [1.54, 1.807) is 14.1 Å². The lowest BCUT2D eigenvalue weighted by Crippen LogP contribution is -2.49. The molecule has 10 heteroatoms. The number of hydrogen-bond donors (Lipinski definition) is 2. The van der Waals surface area contributed by atoms with Gasteiger partial charge in [-0.25, -0.2) is 5.06 Å². The number of nitrogens with one attached hydrogen (secondary N) is 1. The van der Waals surface area contributed by atoms with Crippen LogP contribution in [0.3, 0.4) is 0 Å². The highest BCUT2D eigenvalue weighted by Crippen LogP contribution is 2.12. The van der Waals surface area contributed by atoms with E-state index in [9.17, 15) is 24.4 Å². The molecule has 3 amide bonds. The molecule has 150 valence electrons. The Morgan fingerprint density at radius 3 is 2.42 bits per heavy atom. The lowest BCUT2D eigenvalue weighted by molar-refractivity contribution is -0.155. The van der Waals surface area contributed by atoms with Crippen molar-refractivity contribution in [3.63, 3.8) is 0 Å². The summed E-state index contributed by atoms with van der Waals surface area (Å²) >= 11 is 0. The largest absolute Gasteiger partial charge is 0.462 e. The first-order valence-electron chi connectivity index (χ1n) is 8.54. The highest BCUT2D eigenvalue weighted by atomic mass is 31.0. The van der Waals surface area contributed by atoms with Gasteiger partial charge in [0, 0.05) is 20.5 Å². The molecule has 0 spiro atoms. The van der Waals surface area contributed by atoms with Crippen molar-refractivity contribution in [2.75, 3.05) is 27.0 Å². The Hall–Kier alpha value is -1.73. The Kier molecular flexibility index (Phi) is 12.6. The van der Waals surface area contributed by atoms with Crippen LogP contribution in [0.4, 0.5) is 0 Å². The average molecular weight is 391 g/mol. The predicted molar refractivity (Wildman–Crippen MR) is 98.1 cm³/mol. The standard InChI is InChI=1S/C16H30N3O6P/c1-4-5-6-12(9-19(24)10-20)15(22)17-13(16(23)18(2)3)7-8-14(21)25-11-26/h10,12-13,24H,4-9,11,26H2,1-3H3,(H,17,22)/t12-,13+/m1/s1. The summed E-state index contributed by atoms with van der Waals surface area (Å²) in [4.78, 5) is 48.3. The van der Waals surface area contributed by atoms with Gasteiger partial charge in [-0.3, -0.25) is 24.4 Å². The van der Waals surface area contributed by atoms with Crippen molar-refractivity contribution in [2.45, 2.75) is 45.1 Å². The topological polar surface area (TPSA) is 116 Å². The first kappa shape index (κ1) is 24.3. The maximum atomic E-state index is 12.6. The van der Waals surface area contributed by atoms with Crippen molar-refractivity contribution in [1.29, 1.82) is 0 Å². The van der Waals surface area contributed by atoms with Gasteiger partial charge in [0.15, 0.2) is 0 Å². The van der Waals surface area contributed by atoms with E-state index in [1.165, 1.54) is 4.90 Å². The molecule has 0 rings (SSSR count). The van der Waals surface area contributed by atoms with Gasteiger partial charge in [0.25, 0.3) is 0 Å². The van der Waals surface area contributed by atoms with Gasteiger partial charge in [0.1, 0.15) is 12.4 Å². The number of likely N-dealkylation sites (N-methyl/N-ethyl adjacent to an activating group) is 1. The Morgan fingerprint density at radius 2 is 1.92 bits per heavy atom. The number of esters is 1. The minimum Gasteiger partial charge on any atom is -0.462 e. The van der Waals surface area contributed by atoms with Crippen LogP contribution in [0.25, 0.3) is 0 Å². The molecule has 2 N–H and O–H groups in total. The third-order valence-electron chi connectivity index (χ3n) is 3.74. The van der Waals surface area contributed by atoms with Crippen LogP contribution < -0.4 is 5.32 Å². The van der Waals surface area contributed by atoms with E-state index >= 15 is 0 Å². The van der Waals surface area contributed by atoms with Crippen LogP contribution >= 0.6 is 9.24 Å². The van der Waals surface area contributed by atoms with Gasteiger partial charge >= 0.3 is 5.97 Å². The second-order valence-corrected chi connectivity index (χ2v) is 6.42. The molecule has 0 aromatic rings. The average Bonchev–Trinajstić information content (AvgIpc) is 2.60. The molecule has 0 aromatic heterocycles. The number of unbranched alkanes of at least 4 members (excludes halogenated alkanes) is 1. The first-order chi connectivity index (χ1) is 12.3. The van der Waals surface area contributed by atoms with Crippen LogP contribution in [0.5, 0.6) is 0 Å². The fourth-order valence-corrected chi connectivity index (χ4v) is 2.50. The second-order valence-electron chi connectivity index (χ2n) is 6.08. The van der Waals surface area contributed by atoms with Crippen molar-refractivity contribution >= 4 is 33.4 Å². The summed E-state index contributed by atoms with van der Waals surface area (Å²) in [7, 11) is 5.37. The maximum Gasteiger partial charge on any atom is 0.306 e. The Morgan fingerprint density at radius 1 is 1.27 bits per heavy atom. The maximum absolute atomic E-state index is 12.6. The second kappa shape index (κ2) is 13.5. The molecular weight excluding hydrogens is 361 g/mol. The third-order valence-corrected chi connectivity index (χ3v) is 3.91. The molecule has 26 heavy (non-hydrogen) atoms. The molecule has 3 atom stereocenters. The summed E-state index contributed by atoms with van der Waals surface area (Å²) in [5, 5.41) is 12.4. The van der Waals surface area contributed by atoms with Gasteiger partial charge in [-0.1, -0.05) is 29.0 Å². The zero-order valence-electron chi connectivity index (χ0n) is 15.6. The molecule has 0 saturated carbocycles. The number of hydroxylamine groups is 2. The van der Waals surface area contributed by atoms with Crippen LogP contribution in [-0.4, -0.2) is 72.4 Å². The summed E-state index contributed by atoms with van der Waals surface area (Å²) < 4.78 is 4.81. The Balaban J connectivity index is 5.04. The summed E-state index contributed by atoms with van der Waals surface area (Å²) in [5.74, 6) is -1.90. The van der Waals surface area contributed by atoms with Gasteiger partial charge in [-0.05, 0) is 12.8 Å². The number of amides is 3. The van der Waals surface area contributed by atoms with Crippen molar-refractivity contribution in [3.8, 4) is 0 Å². The molecule has 0 heterocycles. The van der Waals surface area contributed by atoms with Crippen molar-refractivity contribution < 1.29 is 29.1 Å². The molecule has 0 saturated heterocycles. The lowest BCUT2D eigenvalue weighted by atomic mass is 9.99. The molecule has 0 aliphatic rings. The van der Waals surface area contributed by atoms with E-state index in [-0.39, 0.29) is 38.1 Å². The van der Waals surface area contributed by atoms with Crippen LogP contribution in [0.1, 0.15) is 39.0 Å². The molecule has 1 unspecified atom stereocenters. The van der Waals surface area contributed by atoms with Gasteiger partial charge in [0.05, 0.1) is 12.5 Å². The molecule has 0 aliphatic heterocycles. The lowest BCUT2D eigenvalue weighted by Gasteiger charge is -2.25. The summed E-state index contributed by atoms with van der Waals surface area (Å²) in [5.41, 5.74) is 0. The van der Waals surface area contributed by atoms with Gasteiger partial charge in [0.2, 0.25) is 18.2 Å². The smallest absolute Gasteiger partial charge is 0.306 e. The first-order valence-corrected chi connectivity index (χ1v) is 9.36. The molecule has 0 fully saturated rings. The summed E-state index contributed by atoms with van der Waals surface area (Å²) in [6.07, 6.45) is 2.52. The molecular formula is C16H30N3O6P. The van der Waals surface area contributed by atoms with Crippen molar-refractivity contribution in [3.05, 3.63) is 0 Å². The Bertz CT molecular complexity index is 475. The van der Waals surface area contributed by atoms with E-state index in [2.05, 4.69) is 14.6 Å². The van der Waals surface area contributed by atoms with Crippen LogP contribution in [0.15, 0.2) is 0 Å². The highest BCUT2D eigenvalue weighted by Gasteiger charge is 2.28. The van der Waals surface area contributed by atoms with Crippen molar-refractivity contribution in [1.82, 2.24) is 15.3 Å². The normalized spacial score (nSPS) is 12.7. The number of hydrogen-bond acceptors (Lipinski definition) is 6. The van der Waals surface area contributed by atoms with Crippen molar-refractivity contribution in [2.24, 2.45) is 5.92 Å². The van der Waals surface area contributed by atoms with E-state index in [0.29, 0.717) is 11.5 Å². The van der Waals surface area contributed by atoms with E-state index < -0.39 is 23.8 Å². The zero-order chi connectivity index (χ0) is 20.1. The minimum absolute atomic E-state index is 0.0149. The molecule has 0 bridgehead atoms. The number of ether oxygens (including phenoxy) is 1. The molecule has 0 aromatic carbocycles. The monoisotopic (exact) mass is 391 g/mol. The van der Waals surface area contributed by atoms with E-state index in [0.717, 1.165) is 12.8 Å². The summed E-state index contributed by atoms with van der Waals surface area (Å²) in [6.45, 7) is 1.80. The number of carbonyl (C=O) groups excluding carboxylic acids is 4. The summed E-state index contributed by atoms with van der Waals surface area (Å²) in [6, 6.07) is -0.887.